The molecule has 0 atom stereocenters. The summed E-state index contributed by atoms with van der Waals surface area (Å²) >= 11 is 0. The molecule has 1 aromatic heterocycles. The second kappa shape index (κ2) is 7.99. The summed E-state index contributed by atoms with van der Waals surface area (Å²) in [4.78, 5) is 13.1. The van der Waals surface area contributed by atoms with Crippen molar-refractivity contribution in [3.05, 3.63) is 127 Å². The number of carbonyl (C=O) groups is 1. The van der Waals surface area contributed by atoms with E-state index in [2.05, 4.69) is 77.4 Å². The Balaban J connectivity index is 1.62. The summed E-state index contributed by atoms with van der Waals surface area (Å²) in [7, 11) is 0. The number of fused-ring (bicyclic) bond motifs is 3. The number of hydrogen-bond acceptors (Lipinski definition) is 1. The molecule has 5 aromatic carbocycles. The molecule has 156 valence electrons. The van der Waals surface area contributed by atoms with Gasteiger partial charge in [0.1, 0.15) is 0 Å². The fourth-order valence-electron chi connectivity index (χ4n) is 4.74. The molecule has 0 radical (unpaired) electrons. The highest BCUT2D eigenvalue weighted by Gasteiger charge is 2.21. The summed E-state index contributed by atoms with van der Waals surface area (Å²) in [6.45, 7) is 0.290. The molecule has 2 heteroatoms. The number of aromatic nitrogens is 1. The molecule has 2 nitrogen and oxygen atoms in total. The molecule has 0 unspecified atom stereocenters. The fraction of sp³-hybridized carbons (Fsp3) is 0.0323. The van der Waals surface area contributed by atoms with Gasteiger partial charge in [-0.2, -0.15) is 4.57 Å². The zero-order valence-electron chi connectivity index (χ0n) is 18.1. The number of benzene rings is 5. The van der Waals surface area contributed by atoms with Crippen LogP contribution in [0.4, 0.5) is 0 Å². The predicted molar refractivity (Wildman–Crippen MR) is 135 cm³/mol. The van der Waals surface area contributed by atoms with Gasteiger partial charge in [0, 0.05) is 17.7 Å². The average Bonchev–Trinajstić information content (AvgIpc) is 2.87. The third-order valence-corrected chi connectivity index (χ3v) is 6.33. The van der Waals surface area contributed by atoms with Crippen molar-refractivity contribution in [3.63, 3.8) is 0 Å². The van der Waals surface area contributed by atoms with Crippen LogP contribution < -0.4 is 4.57 Å². The topological polar surface area (TPSA) is 20.9 Å². The summed E-state index contributed by atoms with van der Waals surface area (Å²) in [5, 5.41) is 7.22. The largest absolute Gasteiger partial charge is 0.287 e. The van der Waals surface area contributed by atoms with Crippen LogP contribution in [-0.4, -0.2) is 5.78 Å². The van der Waals surface area contributed by atoms with Crippen LogP contribution in [0.3, 0.4) is 0 Å². The molecular formula is C31H22NO+. The molecule has 0 aliphatic rings. The van der Waals surface area contributed by atoms with Crippen molar-refractivity contribution in [1.29, 1.82) is 0 Å². The minimum absolute atomic E-state index is 0.100. The van der Waals surface area contributed by atoms with E-state index in [1.165, 1.54) is 32.3 Å². The normalized spacial score (nSPS) is 11.3. The van der Waals surface area contributed by atoms with Crippen LogP contribution in [-0.2, 0) is 6.54 Å². The van der Waals surface area contributed by atoms with Crippen molar-refractivity contribution in [2.24, 2.45) is 0 Å². The van der Waals surface area contributed by atoms with E-state index in [1.54, 1.807) is 0 Å². The summed E-state index contributed by atoms with van der Waals surface area (Å²) in [5.74, 6) is 0.100. The second-order valence-electron chi connectivity index (χ2n) is 8.40. The quantitative estimate of drug-likeness (QED) is 0.170. The van der Waals surface area contributed by atoms with E-state index < -0.39 is 0 Å². The molecule has 0 fully saturated rings. The highest BCUT2D eigenvalue weighted by Crippen LogP contribution is 2.37. The zero-order valence-corrected chi connectivity index (χ0v) is 18.1. The Morgan fingerprint density at radius 1 is 0.576 bits per heavy atom. The Morgan fingerprint density at radius 2 is 1.21 bits per heavy atom. The minimum Gasteiger partial charge on any atom is -0.287 e. The summed E-state index contributed by atoms with van der Waals surface area (Å²) in [5.41, 5.74) is 2.93. The van der Waals surface area contributed by atoms with Crippen LogP contribution in [0.5, 0.6) is 0 Å². The van der Waals surface area contributed by atoms with Crippen molar-refractivity contribution in [1.82, 2.24) is 0 Å². The van der Waals surface area contributed by atoms with Crippen LogP contribution in [0.2, 0.25) is 0 Å². The number of ketones is 1. The number of pyridine rings is 1. The molecule has 6 rings (SSSR count). The van der Waals surface area contributed by atoms with Crippen molar-refractivity contribution in [3.8, 4) is 11.3 Å². The van der Waals surface area contributed by atoms with Crippen molar-refractivity contribution < 1.29 is 9.36 Å². The molecule has 0 spiro atoms. The third-order valence-electron chi connectivity index (χ3n) is 6.33. The van der Waals surface area contributed by atoms with Gasteiger partial charge in [-0.05, 0) is 56.6 Å². The van der Waals surface area contributed by atoms with Gasteiger partial charge in [-0.25, -0.2) is 0 Å². The molecular weight excluding hydrogens is 402 g/mol. The molecule has 0 bridgehead atoms. The highest BCUT2D eigenvalue weighted by atomic mass is 16.1. The Kier molecular flexibility index (Phi) is 4.70. The number of Topliss-reactive ketones (excluding diaryl/α,β-unsaturated/α-hetero) is 1. The fourth-order valence-corrected chi connectivity index (χ4v) is 4.74. The first-order chi connectivity index (χ1) is 16.3. The Morgan fingerprint density at radius 3 is 2.03 bits per heavy atom. The lowest BCUT2D eigenvalue weighted by Crippen LogP contribution is -2.39. The Hall–Kier alpha value is -4.30. The first-order valence-corrected chi connectivity index (χ1v) is 11.2. The Bertz CT molecular complexity index is 1650. The molecule has 0 amide bonds. The van der Waals surface area contributed by atoms with Gasteiger partial charge in [0.25, 0.3) is 0 Å². The molecule has 0 saturated carbocycles. The SMILES string of the molecule is O=C(C[n+]1ccccc1-c1c2ccccc2cc2cc3ccccc3cc12)c1ccccc1. The summed E-state index contributed by atoms with van der Waals surface area (Å²) < 4.78 is 2.08. The number of nitrogens with zero attached hydrogens (tertiary/aromatic N) is 1. The number of rotatable bonds is 4. The first kappa shape index (κ1) is 19.4. The molecule has 0 N–H and O–H groups in total. The minimum atomic E-state index is 0.100. The van der Waals surface area contributed by atoms with Crippen LogP contribution in [0.1, 0.15) is 10.4 Å². The van der Waals surface area contributed by atoms with Gasteiger partial charge in [-0.3, -0.25) is 4.79 Å². The maximum Gasteiger partial charge on any atom is 0.227 e. The number of carbonyl (C=O) groups excluding carboxylic acids is 1. The van der Waals surface area contributed by atoms with E-state index in [1.807, 2.05) is 48.7 Å². The van der Waals surface area contributed by atoms with Crippen molar-refractivity contribution >= 4 is 38.1 Å². The third kappa shape index (κ3) is 3.46. The summed E-state index contributed by atoms with van der Waals surface area (Å²) in [6.07, 6.45) is 2.00. The smallest absolute Gasteiger partial charge is 0.227 e. The van der Waals surface area contributed by atoms with E-state index in [0.29, 0.717) is 6.54 Å². The monoisotopic (exact) mass is 424 g/mol. The lowest BCUT2D eigenvalue weighted by atomic mass is 9.92. The zero-order chi connectivity index (χ0) is 22.2. The van der Waals surface area contributed by atoms with Gasteiger partial charge in [0.05, 0.1) is 5.56 Å². The van der Waals surface area contributed by atoms with E-state index >= 15 is 0 Å². The van der Waals surface area contributed by atoms with Crippen LogP contribution in [0, 0.1) is 0 Å². The van der Waals surface area contributed by atoms with E-state index in [4.69, 9.17) is 0 Å². The molecule has 0 aliphatic carbocycles. The maximum absolute atomic E-state index is 13.1. The van der Waals surface area contributed by atoms with Crippen LogP contribution in [0.25, 0.3) is 43.6 Å². The van der Waals surface area contributed by atoms with Crippen molar-refractivity contribution in [2.45, 2.75) is 6.54 Å². The Labute approximate surface area is 192 Å². The molecule has 0 saturated heterocycles. The standard InChI is InChI=1S/C31H22NO/c33-30(22-10-2-1-3-11-22)21-32-17-9-8-16-29(32)31-27-15-7-6-14-25(27)19-26-18-23-12-4-5-13-24(23)20-28(26)31/h1-20H,21H2/q+1. The van der Waals surface area contributed by atoms with Gasteiger partial charge < -0.3 is 0 Å². The predicted octanol–water partition coefficient (Wildman–Crippen LogP) is 6.98. The lowest BCUT2D eigenvalue weighted by molar-refractivity contribution is -0.672. The summed E-state index contributed by atoms with van der Waals surface area (Å²) in [6, 6.07) is 39.5. The molecule has 33 heavy (non-hydrogen) atoms. The lowest BCUT2D eigenvalue weighted by Gasteiger charge is -2.12. The van der Waals surface area contributed by atoms with Gasteiger partial charge in [0.15, 0.2) is 6.20 Å². The van der Waals surface area contributed by atoms with E-state index in [0.717, 1.165) is 16.8 Å². The van der Waals surface area contributed by atoms with E-state index in [9.17, 15) is 4.79 Å². The van der Waals surface area contributed by atoms with Crippen molar-refractivity contribution in [2.75, 3.05) is 0 Å². The number of hydrogen-bond donors (Lipinski definition) is 0. The maximum atomic E-state index is 13.1. The second-order valence-corrected chi connectivity index (χ2v) is 8.40. The van der Waals surface area contributed by atoms with E-state index in [-0.39, 0.29) is 5.78 Å². The molecule has 0 aliphatic heterocycles. The van der Waals surface area contributed by atoms with Gasteiger partial charge in [-0.15, -0.1) is 0 Å². The first-order valence-electron chi connectivity index (χ1n) is 11.2. The molecule has 1 heterocycles. The average molecular weight is 425 g/mol. The van der Waals surface area contributed by atoms with Gasteiger partial charge in [0.2, 0.25) is 18.0 Å². The van der Waals surface area contributed by atoms with Crippen LogP contribution in [0.15, 0.2) is 121 Å². The highest BCUT2D eigenvalue weighted by molar-refractivity contribution is 6.15. The van der Waals surface area contributed by atoms with Crippen LogP contribution >= 0.6 is 0 Å². The van der Waals surface area contributed by atoms with Gasteiger partial charge in [-0.1, -0.05) is 78.9 Å². The molecule has 6 aromatic rings. The van der Waals surface area contributed by atoms with Gasteiger partial charge >= 0.3 is 0 Å².